The van der Waals surface area contributed by atoms with E-state index in [1.165, 1.54) is 0 Å². The normalized spacial score (nSPS) is 7.47. The molecule has 0 radical (unpaired) electrons. The molecule has 0 atom stereocenters. The number of rotatable bonds is 1. The van der Waals surface area contributed by atoms with Gasteiger partial charge >= 0.3 is 0 Å². The van der Waals surface area contributed by atoms with E-state index in [9.17, 15) is 4.79 Å². The van der Waals surface area contributed by atoms with Crippen molar-refractivity contribution < 1.29 is 9.72 Å². The minimum Gasteiger partial charge on any atom is -0.295 e. The van der Waals surface area contributed by atoms with Crippen molar-refractivity contribution in [2.45, 2.75) is 20.8 Å². The van der Waals surface area contributed by atoms with E-state index in [-0.39, 0.29) is 5.78 Å². The summed E-state index contributed by atoms with van der Waals surface area (Å²) in [4.78, 5) is 19.0. The molecule has 0 amide bonds. The van der Waals surface area contributed by atoms with Crippen molar-refractivity contribution in [3.05, 3.63) is 46.0 Å². The number of hydrogen-bond acceptors (Lipinski definition) is 3. The maximum Gasteiger partial charge on any atom is 0.194 e. The minimum absolute atomic E-state index is 0.121. The first-order chi connectivity index (χ1) is 7.04. The van der Waals surface area contributed by atoms with Gasteiger partial charge in [0, 0.05) is 10.5 Å². The molecular formula is C11H17NO3. The van der Waals surface area contributed by atoms with Crippen molar-refractivity contribution in [3.63, 3.8) is 0 Å². The zero-order chi connectivity index (χ0) is 12.3. The Labute approximate surface area is 90.1 Å². The molecule has 0 spiro atoms. The summed E-state index contributed by atoms with van der Waals surface area (Å²) < 4.78 is 0. The number of ketones is 1. The van der Waals surface area contributed by atoms with Crippen LogP contribution in [0.2, 0.25) is 0 Å². The smallest absolute Gasteiger partial charge is 0.194 e. The molecule has 0 bridgehead atoms. The van der Waals surface area contributed by atoms with Gasteiger partial charge < -0.3 is 0 Å². The molecule has 0 fully saturated rings. The number of hydrogen-bond donors (Lipinski definition) is 0. The average molecular weight is 211 g/mol. The quantitative estimate of drug-likeness (QED) is 0.407. The fourth-order valence-corrected chi connectivity index (χ4v) is 0.673. The maximum absolute atomic E-state index is 10.6. The van der Waals surface area contributed by atoms with Crippen molar-refractivity contribution >= 4 is 5.78 Å². The molecule has 1 aromatic carbocycles. The zero-order valence-electron chi connectivity index (χ0n) is 9.56. The molecule has 4 heteroatoms. The van der Waals surface area contributed by atoms with E-state index in [2.05, 4.69) is 0 Å². The van der Waals surface area contributed by atoms with Gasteiger partial charge in [0.1, 0.15) is 0 Å². The number of Topliss-reactive ketones (excluding diaryl/α,β-unsaturated/α-hetero) is 1. The molecular weight excluding hydrogens is 194 g/mol. The lowest BCUT2D eigenvalue weighted by Crippen LogP contribution is -1.88. The van der Waals surface area contributed by atoms with Crippen molar-refractivity contribution in [2.24, 2.45) is 0 Å². The van der Waals surface area contributed by atoms with Crippen LogP contribution in [-0.2, 0) is 0 Å². The number of carbonyl (C=O) groups is 1. The highest BCUT2D eigenvalue weighted by Gasteiger charge is 1.92. The van der Waals surface area contributed by atoms with Crippen LogP contribution in [-0.4, -0.2) is 17.8 Å². The van der Waals surface area contributed by atoms with E-state index in [4.69, 9.17) is 10.1 Å². The third-order valence-electron chi connectivity index (χ3n) is 1.18. The van der Waals surface area contributed by atoms with Gasteiger partial charge in [-0.15, -0.1) is 0 Å². The highest BCUT2D eigenvalue weighted by atomic mass is 16.6. The predicted molar refractivity (Wildman–Crippen MR) is 60.7 cm³/mol. The first-order valence-electron chi connectivity index (χ1n) is 4.68. The Morgan fingerprint density at radius 1 is 1.20 bits per heavy atom. The van der Waals surface area contributed by atoms with Crippen LogP contribution in [0, 0.1) is 10.1 Å². The van der Waals surface area contributed by atoms with Crippen LogP contribution in [0.25, 0.3) is 0 Å². The van der Waals surface area contributed by atoms with Gasteiger partial charge in [0.2, 0.25) is 0 Å². The van der Waals surface area contributed by atoms with Crippen LogP contribution >= 0.6 is 0 Å². The van der Waals surface area contributed by atoms with Crippen molar-refractivity contribution in [1.82, 2.24) is 0 Å². The standard InChI is InChI=1S/C8H8O.C2H6.CH3NO2/c1-7(9)8-5-3-2-4-6-8;1-2;1-2(3)4/h2-6H,1H3;1-2H3;1H3. The topological polar surface area (TPSA) is 60.2 Å². The van der Waals surface area contributed by atoms with E-state index in [1.54, 1.807) is 6.92 Å². The van der Waals surface area contributed by atoms with Gasteiger partial charge in [0.15, 0.2) is 12.8 Å². The summed E-state index contributed by atoms with van der Waals surface area (Å²) in [6, 6.07) is 9.23. The Balaban J connectivity index is 0. The summed E-state index contributed by atoms with van der Waals surface area (Å²) in [6.07, 6.45) is 0. The molecule has 0 aliphatic heterocycles. The predicted octanol–water partition coefficient (Wildman–Crippen LogP) is 2.81. The van der Waals surface area contributed by atoms with Crippen LogP contribution in [0.15, 0.2) is 30.3 Å². The first-order valence-corrected chi connectivity index (χ1v) is 4.68. The van der Waals surface area contributed by atoms with Gasteiger partial charge in [0.05, 0.1) is 0 Å². The second-order valence-electron chi connectivity index (χ2n) is 2.36. The van der Waals surface area contributed by atoms with Crippen molar-refractivity contribution in [1.29, 1.82) is 0 Å². The van der Waals surface area contributed by atoms with Gasteiger partial charge in [-0.25, -0.2) is 0 Å². The van der Waals surface area contributed by atoms with Gasteiger partial charge in [-0.05, 0) is 6.92 Å². The van der Waals surface area contributed by atoms with Crippen LogP contribution in [0.4, 0.5) is 0 Å². The Kier molecular flexibility index (Phi) is 10.9. The first kappa shape index (κ1) is 15.7. The third-order valence-corrected chi connectivity index (χ3v) is 1.18. The van der Waals surface area contributed by atoms with Crippen LogP contribution < -0.4 is 0 Å². The lowest BCUT2D eigenvalue weighted by molar-refractivity contribution is -0.445. The SMILES string of the molecule is CC.CC(=O)c1ccccc1.C[N+](=O)[O-]. The molecule has 1 rings (SSSR count). The van der Waals surface area contributed by atoms with Gasteiger partial charge in [-0.1, -0.05) is 44.2 Å². The fraction of sp³-hybridized carbons (Fsp3) is 0.364. The van der Waals surface area contributed by atoms with E-state index in [0.29, 0.717) is 0 Å². The van der Waals surface area contributed by atoms with Gasteiger partial charge in [-0.2, -0.15) is 0 Å². The largest absolute Gasteiger partial charge is 0.295 e. The molecule has 1 aromatic rings. The number of nitro groups is 1. The fourth-order valence-electron chi connectivity index (χ4n) is 0.673. The van der Waals surface area contributed by atoms with Crippen LogP contribution in [0.3, 0.4) is 0 Å². The molecule has 0 saturated heterocycles. The maximum atomic E-state index is 10.6. The Morgan fingerprint density at radius 3 is 1.73 bits per heavy atom. The minimum atomic E-state index is -0.500. The average Bonchev–Trinajstić information content (AvgIpc) is 2.21. The molecule has 84 valence electrons. The summed E-state index contributed by atoms with van der Waals surface area (Å²) in [6.45, 7) is 5.56. The summed E-state index contributed by atoms with van der Waals surface area (Å²) in [7, 11) is 0.889. The molecule has 0 N–H and O–H groups in total. The van der Waals surface area contributed by atoms with E-state index >= 15 is 0 Å². The molecule has 0 unspecified atom stereocenters. The molecule has 0 aromatic heterocycles. The zero-order valence-corrected chi connectivity index (χ0v) is 9.56. The highest BCUT2D eigenvalue weighted by molar-refractivity contribution is 5.93. The van der Waals surface area contributed by atoms with Gasteiger partial charge in [0.25, 0.3) is 0 Å². The lowest BCUT2D eigenvalue weighted by atomic mass is 10.2. The number of carbonyl (C=O) groups excluding carboxylic acids is 1. The summed E-state index contributed by atoms with van der Waals surface area (Å²) >= 11 is 0. The van der Waals surface area contributed by atoms with Crippen molar-refractivity contribution in [2.75, 3.05) is 7.05 Å². The summed E-state index contributed by atoms with van der Waals surface area (Å²) in [5.41, 5.74) is 0.775. The highest BCUT2D eigenvalue weighted by Crippen LogP contribution is 1.97. The Hall–Kier alpha value is -1.71. The Bertz CT molecular complexity index is 279. The molecule has 0 aliphatic rings. The number of nitrogens with zero attached hydrogens (tertiary/aromatic N) is 1. The van der Waals surface area contributed by atoms with Crippen LogP contribution in [0.1, 0.15) is 31.1 Å². The lowest BCUT2D eigenvalue weighted by Gasteiger charge is -1.89. The molecule has 4 nitrogen and oxygen atoms in total. The summed E-state index contributed by atoms with van der Waals surface area (Å²) in [5.74, 6) is 0.121. The second-order valence-corrected chi connectivity index (χ2v) is 2.36. The van der Waals surface area contributed by atoms with E-state index < -0.39 is 4.92 Å². The van der Waals surface area contributed by atoms with E-state index in [1.807, 2.05) is 44.2 Å². The third kappa shape index (κ3) is 12.3. The molecule has 0 aliphatic carbocycles. The number of benzene rings is 1. The van der Waals surface area contributed by atoms with E-state index in [0.717, 1.165) is 12.6 Å². The molecule has 0 heterocycles. The van der Waals surface area contributed by atoms with Crippen molar-refractivity contribution in [3.8, 4) is 0 Å². The summed E-state index contributed by atoms with van der Waals surface area (Å²) in [5, 5.41) is 8.81. The van der Waals surface area contributed by atoms with Crippen LogP contribution in [0.5, 0.6) is 0 Å². The monoisotopic (exact) mass is 211 g/mol. The molecule has 0 saturated carbocycles. The Morgan fingerprint density at radius 2 is 1.53 bits per heavy atom. The molecule has 15 heavy (non-hydrogen) atoms. The van der Waals surface area contributed by atoms with Gasteiger partial charge in [-0.3, -0.25) is 14.9 Å². The second kappa shape index (κ2) is 10.4.